The number of hydrogen-bond donors (Lipinski definition) is 3. The van der Waals surface area contributed by atoms with Gasteiger partial charge in [-0.05, 0) is 107 Å². The molecule has 73 heavy (non-hydrogen) atoms. The molecule has 0 aromatic carbocycles. The topological polar surface area (TPSA) is 212 Å². The van der Waals surface area contributed by atoms with Crippen molar-refractivity contribution in [3.05, 3.63) is 47.6 Å². The van der Waals surface area contributed by atoms with Crippen LogP contribution in [0, 0.1) is 35.5 Å². The van der Waals surface area contributed by atoms with Gasteiger partial charge in [0, 0.05) is 58.5 Å². The highest BCUT2D eigenvalue weighted by Crippen LogP contribution is 2.38. The lowest BCUT2D eigenvalue weighted by Crippen LogP contribution is -2.61. The average molecular weight is 1050 g/mol. The number of aliphatic hydroxyl groups is 3. The fourth-order valence-corrected chi connectivity index (χ4v) is 10.1. The van der Waals surface area contributed by atoms with E-state index >= 15 is 0 Å². The van der Waals surface area contributed by atoms with Crippen molar-refractivity contribution >= 4 is 37.0 Å². The van der Waals surface area contributed by atoms with Gasteiger partial charge in [0.2, 0.25) is 5.79 Å². The first kappa shape index (κ1) is 67.7. The van der Waals surface area contributed by atoms with Crippen molar-refractivity contribution < 1.29 is 67.5 Å². The number of ether oxygens (including phenoxy) is 5. The first-order valence-corrected chi connectivity index (χ1v) is 29.2. The summed E-state index contributed by atoms with van der Waals surface area (Å²) in [4.78, 5) is 71.8. The van der Waals surface area contributed by atoms with E-state index in [1.54, 1.807) is 54.4 Å². The summed E-state index contributed by atoms with van der Waals surface area (Å²) in [7, 11) is 3.65. The fraction of sp³-hybridized carbons (Fsp3) is 0.772. The Labute approximate surface area is 440 Å². The molecule has 1 amide bonds. The minimum atomic E-state index is -2.43. The molecule has 0 aromatic rings. The summed E-state index contributed by atoms with van der Waals surface area (Å²) in [5, 5.41) is 33.8. The fourth-order valence-electron chi connectivity index (χ4n) is 10.1. The summed E-state index contributed by atoms with van der Waals surface area (Å²) in [6, 6.07) is -1.14. The second-order valence-corrected chi connectivity index (χ2v) is 22.0. The van der Waals surface area contributed by atoms with Crippen LogP contribution in [0.5, 0.6) is 0 Å². The predicted molar refractivity (Wildman–Crippen MR) is 287 cm³/mol. The lowest BCUT2D eigenvalue weighted by Gasteiger charge is -2.42. The molecule has 2 bridgehead atoms. The molecule has 1 aliphatic carbocycles. The molecule has 0 spiro atoms. The highest BCUT2D eigenvalue weighted by molar-refractivity contribution is 7.42. The minimum absolute atomic E-state index is 0.0193. The monoisotopic (exact) mass is 1050 g/mol. The number of hydrogen-bond acceptors (Lipinski definition) is 14. The number of carbonyl (C=O) groups is 5. The summed E-state index contributed by atoms with van der Waals surface area (Å²) in [5.41, 5.74) is 1.27. The Morgan fingerprint density at radius 1 is 0.822 bits per heavy atom. The van der Waals surface area contributed by atoms with E-state index in [-0.39, 0.29) is 54.8 Å². The number of allylic oxidation sites excluding steroid dienone is 6. The second kappa shape index (κ2) is 34.4. The highest BCUT2D eigenvalue weighted by Gasteiger charge is 2.53. The number of ketones is 3. The van der Waals surface area contributed by atoms with Crippen LogP contribution in [0.15, 0.2) is 47.6 Å². The molecule has 4 aliphatic rings. The predicted octanol–water partition coefficient (Wildman–Crippen LogP) is 9.31. The number of methoxy groups -OCH3 is 3. The van der Waals surface area contributed by atoms with Crippen LogP contribution in [0.3, 0.4) is 0 Å². The Balaban J connectivity index is 0.00000313. The van der Waals surface area contributed by atoms with Crippen LogP contribution in [0.2, 0.25) is 0 Å². The molecule has 16 heteroatoms. The van der Waals surface area contributed by atoms with Crippen molar-refractivity contribution in [2.75, 3.05) is 41.2 Å². The van der Waals surface area contributed by atoms with Gasteiger partial charge in [0.15, 0.2) is 5.78 Å². The molecular formula is C57H97NO14P+. The third-order valence-corrected chi connectivity index (χ3v) is 14.5. The van der Waals surface area contributed by atoms with Crippen LogP contribution < -0.4 is 0 Å². The molecule has 4 rings (SSSR count). The number of carbonyl (C=O) groups excluding carboxylic acids is 5. The highest BCUT2D eigenvalue weighted by atomic mass is 31.1. The largest absolute Gasteiger partial charge is 0.460 e. The quantitative estimate of drug-likeness (QED) is 0.0980. The molecule has 15 atom stereocenters. The van der Waals surface area contributed by atoms with Crippen molar-refractivity contribution in [2.45, 2.75) is 208 Å². The molecule has 0 radical (unpaired) electrons. The first-order chi connectivity index (χ1) is 34.5. The molecule has 1 saturated carbocycles. The lowest BCUT2D eigenvalue weighted by atomic mass is 9.78. The van der Waals surface area contributed by atoms with Crippen LogP contribution in [-0.2, 0) is 52.2 Å². The maximum atomic E-state index is 14.4. The standard InChI is InChI=1S/C51H79NO13.C2H6OP.2C2H6/c1-30-16-12-11-13-17-31(2)42(61-8)28-38-21-19-36(7)51(60,65-38)48(57)49(58)52-23-15-14-18-39(52)50(59)64-43(33(4)26-37-20-22-40(53)44(27-37)62-9)29-41(54)32(3)25-35(6)46(56)47(63-10)45(55)34(5)24-30;1-4(2)3;2*1-2/h11-13,16-17,25,30,32-34,36-40,42-44,46-47,53,56,60H,14-15,18-24,26-29H2,1-10H3;1-2H3;2*1-2H3/q;+1;;/b13-11+,16-12+,31-17+,35-25+;;;/t30-,32-,33-,34-,36-,37?,38+,39+,40?,42+,43?,44-,46-,47+,51-;;;/m1.../s1. The van der Waals surface area contributed by atoms with Gasteiger partial charge in [0.1, 0.15) is 43.5 Å². The number of rotatable bonds is 6. The Morgan fingerprint density at radius 3 is 2.07 bits per heavy atom. The van der Waals surface area contributed by atoms with Gasteiger partial charge < -0.3 is 43.9 Å². The van der Waals surface area contributed by atoms with Gasteiger partial charge in [-0.15, -0.1) is 0 Å². The molecule has 15 nitrogen and oxygen atoms in total. The average Bonchev–Trinajstić information content (AvgIpc) is 3.36. The number of esters is 1. The van der Waals surface area contributed by atoms with Crippen molar-refractivity contribution in [3.63, 3.8) is 0 Å². The number of amides is 1. The zero-order chi connectivity index (χ0) is 55.7. The Hall–Kier alpha value is -3.27. The summed E-state index contributed by atoms with van der Waals surface area (Å²) < 4.78 is 39.0. The van der Waals surface area contributed by atoms with E-state index in [4.69, 9.17) is 23.7 Å². The zero-order valence-electron chi connectivity index (χ0n) is 47.5. The number of Topliss-reactive ketones (excluding diaryl/α,β-unsaturated/α-hetero) is 3. The maximum Gasteiger partial charge on any atom is 0.332 e. The second-order valence-electron chi connectivity index (χ2n) is 20.4. The van der Waals surface area contributed by atoms with E-state index in [1.165, 1.54) is 12.0 Å². The van der Waals surface area contributed by atoms with E-state index < -0.39 is 91.7 Å². The molecular weight excluding hydrogens is 954 g/mol. The van der Waals surface area contributed by atoms with Crippen LogP contribution >= 0.6 is 7.80 Å². The lowest BCUT2D eigenvalue weighted by molar-refractivity contribution is -0.265. The molecule has 2 saturated heterocycles. The van der Waals surface area contributed by atoms with E-state index in [0.29, 0.717) is 63.4 Å². The van der Waals surface area contributed by atoms with E-state index in [9.17, 15) is 43.9 Å². The molecule has 418 valence electrons. The van der Waals surface area contributed by atoms with Gasteiger partial charge in [-0.3, -0.25) is 19.2 Å². The summed E-state index contributed by atoms with van der Waals surface area (Å²) in [6.45, 7) is 24.1. The smallest absolute Gasteiger partial charge is 0.332 e. The SMILES string of the molecule is CC.CC.CO[C@H]1C[C@@H]2CC[C@@H](C)[C@@](O)(O2)C(=O)C(=O)N2CCCC[C@H]2C(=O)OC([C@H](C)CC2CCC(O)[C@H](OC)C2)CC(=O)[C@H](C)/C=C(\C)[C@@H](O)[C@@H](OC)C(=O)[C@H](C)C[C@H](C)/C=C/C=C/C=C/1C.C[P+](C)=O. The van der Waals surface area contributed by atoms with Crippen molar-refractivity contribution in [1.29, 1.82) is 0 Å². The molecule has 3 heterocycles. The van der Waals surface area contributed by atoms with Gasteiger partial charge >= 0.3 is 13.8 Å². The number of fused-ring (bicyclic) bond motifs is 3. The number of aliphatic hydroxyl groups excluding tert-OH is 2. The van der Waals surface area contributed by atoms with Gasteiger partial charge in [-0.1, -0.05) is 103 Å². The Bertz CT molecular complexity index is 1860. The van der Waals surface area contributed by atoms with Crippen molar-refractivity contribution in [1.82, 2.24) is 4.90 Å². The van der Waals surface area contributed by atoms with Gasteiger partial charge in [-0.2, -0.15) is 0 Å². The normalized spacial score (nSPS) is 36.5. The number of nitrogens with zero attached hydrogens (tertiary/aromatic N) is 1. The van der Waals surface area contributed by atoms with E-state index in [0.717, 1.165) is 12.0 Å². The molecule has 3 aliphatic heterocycles. The van der Waals surface area contributed by atoms with Crippen molar-refractivity contribution in [2.24, 2.45) is 35.5 Å². The molecule has 3 fully saturated rings. The Morgan fingerprint density at radius 2 is 1.47 bits per heavy atom. The maximum absolute atomic E-state index is 14.4. The minimum Gasteiger partial charge on any atom is -0.460 e. The van der Waals surface area contributed by atoms with Crippen LogP contribution in [0.1, 0.15) is 153 Å². The van der Waals surface area contributed by atoms with Crippen LogP contribution in [0.4, 0.5) is 0 Å². The first-order valence-electron chi connectivity index (χ1n) is 27.0. The Kier molecular flexibility index (Phi) is 31.9. The summed E-state index contributed by atoms with van der Waals surface area (Å²) in [6.07, 6.45) is 11.2. The third kappa shape index (κ3) is 21.0. The van der Waals surface area contributed by atoms with Crippen molar-refractivity contribution in [3.8, 4) is 0 Å². The van der Waals surface area contributed by atoms with Crippen LogP contribution in [0.25, 0.3) is 0 Å². The van der Waals surface area contributed by atoms with E-state index in [2.05, 4.69) is 0 Å². The van der Waals surface area contributed by atoms with Gasteiger partial charge in [-0.25, -0.2) is 4.79 Å². The van der Waals surface area contributed by atoms with Gasteiger partial charge in [0.25, 0.3) is 11.7 Å². The number of cyclic esters (lactones) is 1. The molecule has 3 N–H and O–H groups in total. The van der Waals surface area contributed by atoms with Gasteiger partial charge in [0.05, 0.1) is 24.4 Å². The van der Waals surface area contributed by atoms with Crippen LogP contribution in [-0.4, -0.2) is 145 Å². The summed E-state index contributed by atoms with van der Waals surface area (Å²) in [5.74, 6) is -7.96. The third-order valence-electron chi connectivity index (χ3n) is 14.5. The zero-order valence-corrected chi connectivity index (χ0v) is 48.4. The number of piperidine rings is 1. The summed E-state index contributed by atoms with van der Waals surface area (Å²) >= 11 is 0. The molecule has 0 aromatic heterocycles. The van der Waals surface area contributed by atoms with E-state index in [1.807, 2.05) is 85.8 Å². The molecule has 3 unspecified atom stereocenters.